The monoisotopic (exact) mass is 299 g/mol. The van der Waals surface area contributed by atoms with E-state index in [1.165, 1.54) is 23.9 Å². The third-order valence-corrected chi connectivity index (χ3v) is 3.44. The zero-order valence-corrected chi connectivity index (χ0v) is 12.3. The van der Waals surface area contributed by atoms with Crippen molar-refractivity contribution >= 4 is 23.6 Å². The number of thioether (sulfide) groups is 1. The number of hydrogen-bond donors (Lipinski definition) is 1. The van der Waals surface area contributed by atoms with Crippen LogP contribution in [-0.2, 0) is 20.1 Å². The van der Waals surface area contributed by atoms with E-state index in [4.69, 9.17) is 4.74 Å². The van der Waals surface area contributed by atoms with Gasteiger partial charge in [-0.1, -0.05) is 12.1 Å². The van der Waals surface area contributed by atoms with Crippen LogP contribution in [0.2, 0.25) is 0 Å². The molecule has 0 spiro atoms. The maximum absolute atomic E-state index is 12.7. The average molecular weight is 299 g/mol. The van der Waals surface area contributed by atoms with Gasteiger partial charge in [-0.25, -0.2) is 9.18 Å². The van der Waals surface area contributed by atoms with Gasteiger partial charge in [0.15, 0.2) is 0 Å². The Labute approximate surface area is 122 Å². The molecule has 1 aromatic rings. The molecule has 0 fully saturated rings. The zero-order chi connectivity index (χ0) is 15.0. The first-order chi connectivity index (χ1) is 9.52. The lowest BCUT2D eigenvalue weighted by molar-refractivity contribution is -0.146. The number of halogens is 1. The number of rotatable bonds is 7. The van der Waals surface area contributed by atoms with Crippen LogP contribution >= 0.6 is 11.8 Å². The molecule has 0 aliphatic rings. The number of carbonyl (C=O) groups excluding carboxylic acids is 2. The van der Waals surface area contributed by atoms with Gasteiger partial charge in [-0.05, 0) is 31.5 Å². The summed E-state index contributed by atoms with van der Waals surface area (Å²) in [5.74, 6) is -0.0930. The number of hydrogen-bond acceptors (Lipinski definition) is 4. The van der Waals surface area contributed by atoms with Gasteiger partial charge < -0.3 is 10.1 Å². The van der Waals surface area contributed by atoms with E-state index in [1.807, 2.05) is 0 Å². The molecule has 0 saturated heterocycles. The summed E-state index contributed by atoms with van der Waals surface area (Å²) >= 11 is 1.40. The van der Waals surface area contributed by atoms with E-state index in [9.17, 15) is 14.0 Å². The van der Waals surface area contributed by atoms with Crippen LogP contribution in [0.15, 0.2) is 24.3 Å². The van der Waals surface area contributed by atoms with E-state index in [-0.39, 0.29) is 17.5 Å². The van der Waals surface area contributed by atoms with Crippen LogP contribution in [0, 0.1) is 5.82 Å². The molecule has 1 rings (SSSR count). The fraction of sp³-hybridized carbons (Fsp3) is 0.429. The Bertz CT molecular complexity index is 450. The minimum atomic E-state index is -0.645. The van der Waals surface area contributed by atoms with Crippen molar-refractivity contribution in [3.8, 4) is 0 Å². The third-order valence-electron chi connectivity index (χ3n) is 2.43. The molecule has 20 heavy (non-hydrogen) atoms. The summed E-state index contributed by atoms with van der Waals surface area (Å²) in [4.78, 5) is 22.9. The maximum Gasteiger partial charge on any atom is 0.328 e. The van der Waals surface area contributed by atoms with Crippen LogP contribution in [0.3, 0.4) is 0 Å². The van der Waals surface area contributed by atoms with Crippen LogP contribution in [-0.4, -0.2) is 30.3 Å². The Morgan fingerprint density at radius 2 is 2.00 bits per heavy atom. The number of esters is 1. The molecule has 1 aromatic carbocycles. The fourth-order valence-electron chi connectivity index (χ4n) is 1.45. The molecule has 1 unspecified atom stereocenters. The highest BCUT2D eigenvalue weighted by molar-refractivity contribution is 7.99. The SMILES string of the molecule is CCOC(=O)C(C)NC(=O)CSCc1ccc(F)cc1. The molecular weight excluding hydrogens is 281 g/mol. The minimum Gasteiger partial charge on any atom is -0.464 e. The van der Waals surface area contributed by atoms with Crippen LogP contribution in [0.5, 0.6) is 0 Å². The van der Waals surface area contributed by atoms with Crippen molar-refractivity contribution in [3.05, 3.63) is 35.6 Å². The molecule has 1 N–H and O–H groups in total. The molecule has 0 heterocycles. The second kappa shape index (κ2) is 8.58. The molecule has 110 valence electrons. The number of benzene rings is 1. The Hall–Kier alpha value is -1.56. The molecule has 0 aliphatic carbocycles. The summed E-state index contributed by atoms with van der Waals surface area (Å²) in [6.45, 7) is 3.59. The average Bonchev–Trinajstić information content (AvgIpc) is 2.41. The van der Waals surface area contributed by atoms with Crippen LogP contribution in [0.1, 0.15) is 19.4 Å². The van der Waals surface area contributed by atoms with E-state index < -0.39 is 12.0 Å². The molecule has 0 saturated carbocycles. The zero-order valence-electron chi connectivity index (χ0n) is 11.5. The van der Waals surface area contributed by atoms with Gasteiger partial charge in [0.1, 0.15) is 11.9 Å². The summed E-state index contributed by atoms with van der Waals surface area (Å²) in [6.07, 6.45) is 0. The van der Waals surface area contributed by atoms with Crippen molar-refractivity contribution in [1.29, 1.82) is 0 Å². The first kappa shape index (κ1) is 16.5. The Balaban J connectivity index is 2.26. The fourth-order valence-corrected chi connectivity index (χ4v) is 2.25. The highest BCUT2D eigenvalue weighted by Crippen LogP contribution is 2.12. The van der Waals surface area contributed by atoms with Crippen molar-refractivity contribution in [2.45, 2.75) is 25.6 Å². The smallest absolute Gasteiger partial charge is 0.328 e. The number of nitrogens with one attached hydrogen (secondary N) is 1. The van der Waals surface area contributed by atoms with E-state index in [0.29, 0.717) is 12.4 Å². The Morgan fingerprint density at radius 3 is 2.60 bits per heavy atom. The van der Waals surface area contributed by atoms with Gasteiger partial charge in [-0.3, -0.25) is 4.79 Å². The normalized spacial score (nSPS) is 11.8. The topological polar surface area (TPSA) is 55.4 Å². The summed E-state index contributed by atoms with van der Waals surface area (Å²) in [5.41, 5.74) is 0.947. The van der Waals surface area contributed by atoms with Crippen molar-refractivity contribution < 1.29 is 18.7 Å². The lowest BCUT2D eigenvalue weighted by atomic mass is 10.2. The lowest BCUT2D eigenvalue weighted by Gasteiger charge is -2.12. The van der Waals surface area contributed by atoms with E-state index in [0.717, 1.165) is 5.56 Å². The maximum atomic E-state index is 12.7. The van der Waals surface area contributed by atoms with E-state index in [1.54, 1.807) is 26.0 Å². The minimum absolute atomic E-state index is 0.224. The summed E-state index contributed by atoms with van der Waals surface area (Å²) in [5, 5.41) is 2.57. The molecular formula is C14H18FNO3S. The van der Waals surface area contributed by atoms with Crippen molar-refractivity contribution in [2.75, 3.05) is 12.4 Å². The summed E-state index contributed by atoms with van der Waals surface area (Å²) < 4.78 is 17.5. The van der Waals surface area contributed by atoms with Gasteiger partial charge in [0, 0.05) is 5.75 Å². The standard InChI is InChI=1S/C14H18FNO3S/c1-3-19-14(18)10(2)16-13(17)9-20-8-11-4-6-12(15)7-5-11/h4-7,10H,3,8-9H2,1-2H3,(H,16,17). The Kier molecular flexibility index (Phi) is 7.08. The van der Waals surface area contributed by atoms with Gasteiger partial charge >= 0.3 is 5.97 Å². The number of amides is 1. The van der Waals surface area contributed by atoms with Gasteiger partial charge in [0.05, 0.1) is 12.4 Å². The first-order valence-electron chi connectivity index (χ1n) is 6.31. The number of carbonyl (C=O) groups is 2. The highest BCUT2D eigenvalue weighted by Gasteiger charge is 2.16. The van der Waals surface area contributed by atoms with Gasteiger partial charge in [0.25, 0.3) is 0 Å². The van der Waals surface area contributed by atoms with Gasteiger partial charge in [0.2, 0.25) is 5.91 Å². The predicted octanol–water partition coefficient (Wildman–Crippen LogP) is 2.13. The second-order valence-corrected chi connectivity index (χ2v) is 5.15. The number of ether oxygens (including phenoxy) is 1. The molecule has 0 radical (unpaired) electrons. The molecule has 0 bridgehead atoms. The molecule has 0 aromatic heterocycles. The van der Waals surface area contributed by atoms with Crippen molar-refractivity contribution in [2.24, 2.45) is 0 Å². The second-order valence-electron chi connectivity index (χ2n) is 4.16. The first-order valence-corrected chi connectivity index (χ1v) is 7.46. The van der Waals surface area contributed by atoms with Crippen LogP contribution in [0.25, 0.3) is 0 Å². The molecule has 1 amide bonds. The molecule has 0 aliphatic heterocycles. The van der Waals surface area contributed by atoms with Crippen LogP contribution < -0.4 is 5.32 Å². The van der Waals surface area contributed by atoms with Crippen molar-refractivity contribution in [1.82, 2.24) is 5.32 Å². The Morgan fingerprint density at radius 1 is 1.35 bits per heavy atom. The predicted molar refractivity (Wildman–Crippen MR) is 76.8 cm³/mol. The molecule has 6 heteroatoms. The van der Waals surface area contributed by atoms with Gasteiger partial charge in [-0.2, -0.15) is 0 Å². The summed E-state index contributed by atoms with van der Waals surface area (Å²) in [6, 6.07) is 5.49. The summed E-state index contributed by atoms with van der Waals surface area (Å²) in [7, 11) is 0. The van der Waals surface area contributed by atoms with E-state index in [2.05, 4.69) is 5.32 Å². The largest absolute Gasteiger partial charge is 0.464 e. The lowest BCUT2D eigenvalue weighted by Crippen LogP contribution is -2.40. The quantitative estimate of drug-likeness (QED) is 0.784. The highest BCUT2D eigenvalue weighted by atomic mass is 32.2. The molecule has 4 nitrogen and oxygen atoms in total. The van der Waals surface area contributed by atoms with E-state index >= 15 is 0 Å². The van der Waals surface area contributed by atoms with Gasteiger partial charge in [-0.15, -0.1) is 11.8 Å². The third kappa shape index (κ3) is 6.06. The van der Waals surface area contributed by atoms with Crippen LogP contribution in [0.4, 0.5) is 4.39 Å². The van der Waals surface area contributed by atoms with Crippen molar-refractivity contribution in [3.63, 3.8) is 0 Å². The molecule has 1 atom stereocenters.